The minimum atomic E-state index is 0.568. The second kappa shape index (κ2) is 6.78. The summed E-state index contributed by atoms with van der Waals surface area (Å²) in [5, 5.41) is 3.46. The lowest BCUT2D eigenvalue weighted by Crippen LogP contribution is -2.48. The molecule has 0 aliphatic carbocycles. The SMILES string of the molecule is CCOc1cc(CN2CCNC(C)C2)ccc1OC. The van der Waals surface area contributed by atoms with E-state index in [2.05, 4.69) is 29.3 Å². The zero-order valence-electron chi connectivity index (χ0n) is 12.1. The van der Waals surface area contributed by atoms with E-state index in [1.807, 2.05) is 13.0 Å². The molecule has 106 valence electrons. The molecule has 0 spiro atoms. The highest BCUT2D eigenvalue weighted by atomic mass is 16.5. The van der Waals surface area contributed by atoms with Crippen LogP contribution >= 0.6 is 0 Å². The van der Waals surface area contributed by atoms with Gasteiger partial charge in [-0.1, -0.05) is 6.07 Å². The van der Waals surface area contributed by atoms with E-state index in [1.54, 1.807) is 7.11 Å². The molecule has 0 saturated carbocycles. The van der Waals surface area contributed by atoms with Crippen molar-refractivity contribution in [3.63, 3.8) is 0 Å². The van der Waals surface area contributed by atoms with Crippen LogP contribution < -0.4 is 14.8 Å². The number of nitrogens with one attached hydrogen (secondary N) is 1. The molecule has 19 heavy (non-hydrogen) atoms. The molecule has 2 rings (SSSR count). The summed E-state index contributed by atoms with van der Waals surface area (Å²) in [6.07, 6.45) is 0. The van der Waals surface area contributed by atoms with Crippen LogP contribution in [0.15, 0.2) is 18.2 Å². The monoisotopic (exact) mass is 264 g/mol. The summed E-state index contributed by atoms with van der Waals surface area (Å²) in [6.45, 7) is 9.10. The zero-order valence-corrected chi connectivity index (χ0v) is 12.1. The molecule has 1 aromatic carbocycles. The highest BCUT2D eigenvalue weighted by molar-refractivity contribution is 5.42. The predicted molar refractivity (Wildman–Crippen MR) is 76.9 cm³/mol. The molecule has 4 nitrogen and oxygen atoms in total. The number of hydrogen-bond donors (Lipinski definition) is 1. The molecule has 0 amide bonds. The van der Waals surface area contributed by atoms with E-state index in [-0.39, 0.29) is 0 Å². The zero-order chi connectivity index (χ0) is 13.7. The van der Waals surface area contributed by atoms with Crippen LogP contribution in [-0.4, -0.2) is 44.3 Å². The lowest BCUT2D eigenvalue weighted by molar-refractivity contribution is 0.199. The fourth-order valence-corrected chi connectivity index (χ4v) is 2.50. The van der Waals surface area contributed by atoms with Crippen LogP contribution in [-0.2, 0) is 6.54 Å². The Hall–Kier alpha value is -1.26. The molecule has 0 bridgehead atoms. The van der Waals surface area contributed by atoms with Gasteiger partial charge >= 0.3 is 0 Å². The minimum absolute atomic E-state index is 0.568. The normalized spacial score (nSPS) is 20.3. The molecule has 1 fully saturated rings. The van der Waals surface area contributed by atoms with Crippen molar-refractivity contribution < 1.29 is 9.47 Å². The summed E-state index contributed by atoms with van der Waals surface area (Å²) in [6, 6.07) is 6.77. The van der Waals surface area contributed by atoms with Crippen molar-refractivity contribution in [3.8, 4) is 11.5 Å². The number of rotatable bonds is 5. The van der Waals surface area contributed by atoms with Gasteiger partial charge in [0.1, 0.15) is 0 Å². The van der Waals surface area contributed by atoms with E-state index in [1.165, 1.54) is 5.56 Å². The number of benzene rings is 1. The van der Waals surface area contributed by atoms with Crippen LogP contribution in [0.4, 0.5) is 0 Å². The lowest BCUT2D eigenvalue weighted by Gasteiger charge is -2.31. The van der Waals surface area contributed by atoms with E-state index >= 15 is 0 Å². The van der Waals surface area contributed by atoms with Crippen LogP contribution in [0.5, 0.6) is 11.5 Å². The van der Waals surface area contributed by atoms with Gasteiger partial charge in [-0.15, -0.1) is 0 Å². The first-order chi connectivity index (χ1) is 9.22. The van der Waals surface area contributed by atoms with E-state index in [4.69, 9.17) is 9.47 Å². The fourth-order valence-electron chi connectivity index (χ4n) is 2.50. The highest BCUT2D eigenvalue weighted by Gasteiger charge is 2.16. The molecule has 1 unspecified atom stereocenters. The molecule has 0 radical (unpaired) electrons. The number of methoxy groups -OCH3 is 1. The molecule has 1 aliphatic heterocycles. The van der Waals surface area contributed by atoms with Crippen molar-refractivity contribution in [2.24, 2.45) is 0 Å². The van der Waals surface area contributed by atoms with E-state index in [9.17, 15) is 0 Å². The van der Waals surface area contributed by atoms with Gasteiger partial charge in [0.25, 0.3) is 0 Å². The Labute approximate surface area is 115 Å². The van der Waals surface area contributed by atoms with Crippen molar-refractivity contribution in [1.82, 2.24) is 10.2 Å². The maximum atomic E-state index is 5.62. The molecule has 0 aromatic heterocycles. The molecular weight excluding hydrogens is 240 g/mol. The van der Waals surface area contributed by atoms with Gasteiger partial charge in [0.15, 0.2) is 11.5 Å². The van der Waals surface area contributed by atoms with Crippen LogP contribution in [0, 0.1) is 0 Å². The van der Waals surface area contributed by atoms with Gasteiger partial charge in [0.2, 0.25) is 0 Å². The largest absolute Gasteiger partial charge is 0.493 e. The molecule has 1 atom stereocenters. The van der Waals surface area contributed by atoms with Crippen molar-refractivity contribution in [2.75, 3.05) is 33.4 Å². The van der Waals surface area contributed by atoms with Gasteiger partial charge < -0.3 is 14.8 Å². The summed E-state index contributed by atoms with van der Waals surface area (Å²) >= 11 is 0. The maximum absolute atomic E-state index is 5.62. The topological polar surface area (TPSA) is 33.7 Å². The Balaban J connectivity index is 2.05. The van der Waals surface area contributed by atoms with Gasteiger partial charge in [-0.2, -0.15) is 0 Å². The third-order valence-corrected chi connectivity index (χ3v) is 3.39. The first-order valence-electron chi connectivity index (χ1n) is 6.98. The second-order valence-corrected chi connectivity index (χ2v) is 5.01. The first kappa shape index (κ1) is 14.2. The predicted octanol–water partition coefficient (Wildman–Crippen LogP) is 1.89. The highest BCUT2D eigenvalue weighted by Crippen LogP contribution is 2.28. The van der Waals surface area contributed by atoms with Crippen LogP contribution in [0.3, 0.4) is 0 Å². The van der Waals surface area contributed by atoms with Gasteiger partial charge in [-0.3, -0.25) is 4.90 Å². The van der Waals surface area contributed by atoms with Crippen LogP contribution in [0.1, 0.15) is 19.4 Å². The fraction of sp³-hybridized carbons (Fsp3) is 0.600. The maximum Gasteiger partial charge on any atom is 0.161 e. The van der Waals surface area contributed by atoms with E-state index in [0.717, 1.165) is 37.7 Å². The van der Waals surface area contributed by atoms with Crippen LogP contribution in [0.2, 0.25) is 0 Å². The molecule has 1 N–H and O–H groups in total. The standard InChI is InChI=1S/C15H24N2O2/c1-4-19-15-9-13(5-6-14(15)18-3)11-17-8-7-16-12(2)10-17/h5-6,9,12,16H,4,7-8,10-11H2,1-3H3. The van der Waals surface area contributed by atoms with E-state index < -0.39 is 0 Å². The minimum Gasteiger partial charge on any atom is -0.493 e. The van der Waals surface area contributed by atoms with Crippen LogP contribution in [0.25, 0.3) is 0 Å². The number of piperazine rings is 1. The van der Waals surface area contributed by atoms with Crippen molar-refractivity contribution >= 4 is 0 Å². The summed E-state index contributed by atoms with van der Waals surface area (Å²) in [7, 11) is 1.68. The number of hydrogen-bond acceptors (Lipinski definition) is 4. The Bertz CT molecular complexity index is 409. The molecule has 1 saturated heterocycles. The average molecular weight is 264 g/mol. The van der Waals surface area contributed by atoms with Gasteiger partial charge in [0.05, 0.1) is 13.7 Å². The average Bonchev–Trinajstić information content (AvgIpc) is 2.39. The van der Waals surface area contributed by atoms with Crippen molar-refractivity contribution in [2.45, 2.75) is 26.4 Å². The summed E-state index contributed by atoms with van der Waals surface area (Å²) in [5.41, 5.74) is 1.28. The summed E-state index contributed by atoms with van der Waals surface area (Å²) in [4.78, 5) is 2.47. The Kier molecular flexibility index (Phi) is 5.05. The van der Waals surface area contributed by atoms with Gasteiger partial charge in [-0.05, 0) is 31.5 Å². The van der Waals surface area contributed by atoms with Gasteiger partial charge in [-0.25, -0.2) is 0 Å². The summed E-state index contributed by atoms with van der Waals surface area (Å²) in [5.74, 6) is 1.64. The molecule has 4 heteroatoms. The van der Waals surface area contributed by atoms with E-state index in [0.29, 0.717) is 12.6 Å². The van der Waals surface area contributed by atoms with Crippen molar-refractivity contribution in [3.05, 3.63) is 23.8 Å². The summed E-state index contributed by atoms with van der Waals surface area (Å²) < 4.78 is 10.9. The molecule has 1 heterocycles. The molecule has 1 aliphatic rings. The number of nitrogens with zero attached hydrogens (tertiary/aromatic N) is 1. The Morgan fingerprint density at radius 1 is 1.37 bits per heavy atom. The second-order valence-electron chi connectivity index (χ2n) is 5.01. The Morgan fingerprint density at radius 2 is 2.21 bits per heavy atom. The first-order valence-corrected chi connectivity index (χ1v) is 6.98. The number of ether oxygens (including phenoxy) is 2. The Morgan fingerprint density at radius 3 is 2.89 bits per heavy atom. The quantitative estimate of drug-likeness (QED) is 0.880. The third kappa shape index (κ3) is 3.85. The third-order valence-electron chi connectivity index (χ3n) is 3.39. The van der Waals surface area contributed by atoms with Crippen molar-refractivity contribution in [1.29, 1.82) is 0 Å². The molecule has 1 aromatic rings. The molecular formula is C15H24N2O2. The smallest absolute Gasteiger partial charge is 0.161 e. The lowest BCUT2D eigenvalue weighted by atomic mass is 10.1. The van der Waals surface area contributed by atoms with Gasteiger partial charge in [0, 0.05) is 32.2 Å².